The minimum absolute atomic E-state index is 0.217. The molecule has 112 valence electrons. The van der Waals surface area contributed by atoms with Crippen LogP contribution in [0.1, 0.15) is 41.0 Å². The second-order valence-electron chi connectivity index (χ2n) is 6.09. The first-order valence-corrected chi connectivity index (χ1v) is 8.19. The van der Waals surface area contributed by atoms with Crippen LogP contribution in [0.5, 0.6) is 0 Å². The normalized spacial score (nSPS) is 23.4. The van der Waals surface area contributed by atoms with Crippen LogP contribution in [0.25, 0.3) is 0 Å². The average molecular weight is 288 g/mol. The second-order valence-corrected chi connectivity index (χ2v) is 7.56. The zero-order valence-electron chi connectivity index (χ0n) is 12.9. The molecule has 0 aliphatic carbocycles. The van der Waals surface area contributed by atoms with Gasteiger partial charge in [0.25, 0.3) is 0 Å². The molecule has 0 radical (unpaired) electrons. The summed E-state index contributed by atoms with van der Waals surface area (Å²) in [4.78, 5) is 13.7. The van der Waals surface area contributed by atoms with E-state index in [4.69, 9.17) is 4.74 Å². The van der Waals surface area contributed by atoms with E-state index in [0.29, 0.717) is 19.1 Å². The summed E-state index contributed by atoms with van der Waals surface area (Å²) < 4.78 is 5.39. The lowest BCUT2D eigenvalue weighted by molar-refractivity contribution is 0.0261. The summed E-state index contributed by atoms with van der Waals surface area (Å²) in [6.45, 7) is 12.2. The Kier molecular flexibility index (Phi) is 6.47. The summed E-state index contributed by atoms with van der Waals surface area (Å²) in [6.07, 6.45) is 1.01. The minimum atomic E-state index is -0.421. The molecule has 1 heterocycles. The summed E-state index contributed by atoms with van der Waals surface area (Å²) in [5.41, 5.74) is -0.421. The molecule has 1 rings (SSSR count). The van der Waals surface area contributed by atoms with E-state index in [1.54, 1.807) is 4.90 Å². The number of amides is 1. The molecule has 0 aromatic rings. The highest BCUT2D eigenvalue weighted by Crippen LogP contribution is 2.25. The highest BCUT2D eigenvalue weighted by atomic mass is 32.2. The van der Waals surface area contributed by atoms with Crippen molar-refractivity contribution in [2.75, 3.05) is 25.4 Å². The Hall–Kier alpha value is -0.420. The van der Waals surface area contributed by atoms with Crippen molar-refractivity contribution in [1.82, 2.24) is 10.2 Å². The number of rotatable bonds is 5. The molecule has 1 saturated heterocycles. The SMILES string of the molecule is CCN(CCNC1CSC(C)C1)C(=O)OC(C)(C)C. The Labute approximate surface area is 121 Å². The van der Waals surface area contributed by atoms with Crippen molar-refractivity contribution in [2.24, 2.45) is 0 Å². The van der Waals surface area contributed by atoms with Gasteiger partial charge < -0.3 is 15.0 Å². The van der Waals surface area contributed by atoms with E-state index in [2.05, 4.69) is 12.2 Å². The van der Waals surface area contributed by atoms with Gasteiger partial charge in [-0.1, -0.05) is 6.92 Å². The quantitative estimate of drug-likeness (QED) is 0.844. The highest BCUT2D eigenvalue weighted by Gasteiger charge is 2.23. The van der Waals surface area contributed by atoms with E-state index < -0.39 is 5.60 Å². The van der Waals surface area contributed by atoms with E-state index in [-0.39, 0.29) is 6.09 Å². The first-order chi connectivity index (χ1) is 8.81. The first-order valence-electron chi connectivity index (χ1n) is 7.14. The van der Waals surface area contributed by atoms with Gasteiger partial charge in [0, 0.05) is 36.7 Å². The number of carbonyl (C=O) groups excluding carboxylic acids is 1. The average Bonchev–Trinajstić information content (AvgIpc) is 2.68. The number of nitrogens with one attached hydrogen (secondary N) is 1. The lowest BCUT2D eigenvalue weighted by Gasteiger charge is -2.27. The van der Waals surface area contributed by atoms with Crippen molar-refractivity contribution in [2.45, 2.75) is 57.9 Å². The lowest BCUT2D eigenvalue weighted by Crippen LogP contribution is -2.42. The van der Waals surface area contributed by atoms with Crippen LogP contribution in [-0.4, -0.2) is 53.3 Å². The van der Waals surface area contributed by atoms with E-state index in [0.717, 1.165) is 11.8 Å². The van der Waals surface area contributed by atoms with Crippen LogP contribution in [0.15, 0.2) is 0 Å². The molecule has 2 unspecified atom stereocenters. The monoisotopic (exact) mass is 288 g/mol. The third kappa shape index (κ3) is 6.52. The van der Waals surface area contributed by atoms with Crippen molar-refractivity contribution in [3.63, 3.8) is 0 Å². The molecule has 1 amide bonds. The van der Waals surface area contributed by atoms with Gasteiger partial charge >= 0.3 is 6.09 Å². The fourth-order valence-corrected chi connectivity index (χ4v) is 3.25. The maximum Gasteiger partial charge on any atom is 0.410 e. The van der Waals surface area contributed by atoms with Gasteiger partial charge in [0.05, 0.1) is 0 Å². The molecule has 1 aliphatic heterocycles. The molecule has 1 N–H and O–H groups in total. The lowest BCUT2D eigenvalue weighted by atomic mass is 10.2. The first kappa shape index (κ1) is 16.6. The Morgan fingerprint density at radius 1 is 1.47 bits per heavy atom. The summed E-state index contributed by atoms with van der Waals surface area (Å²) in [5, 5.41) is 4.28. The standard InChI is InChI=1S/C14H28N2O2S/c1-6-16(13(17)18-14(3,4)5)8-7-15-12-9-11(2)19-10-12/h11-12,15H,6-10H2,1-5H3. The van der Waals surface area contributed by atoms with E-state index in [1.807, 2.05) is 39.5 Å². The van der Waals surface area contributed by atoms with Crippen LogP contribution in [0.3, 0.4) is 0 Å². The number of thioether (sulfide) groups is 1. The van der Waals surface area contributed by atoms with Gasteiger partial charge in [-0.3, -0.25) is 0 Å². The molecule has 2 atom stereocenters. The molecule has 1 aliphatic rings. The molecule has 0 bridgehead atoms. The third-order valence-corrected chi connectivity index (χ3v) is 4.40. The van der Waals surface area contributed by atoms with Crippen molar-refractivity contribution < 1.29 is 9.53 Å². The van der Waals surface area contributed by atoms with Crippen molar-refractivity contribution in [3.05, 3.63) is 0 Å². The summed E-state index contributed by atoms with van der Waals surface area (Å²) in [7, 11) is 0. The molecular weight excluding hydrogens is 260 g/mol. The molecule has 0 spiro atoms. The number of hydrogen-bond acceptors (Lipinski definition) is 4. The molecular formula is C14H28N2O2S. The zero-order chi connectivity index (χ0) is 14.5. The summed E-state index contributed by atoms with van der Waals surface area (Å²) in [6, 6.07) is 0.595. The second kappa shape index (κ2) is 7.39. The van der Waals surface area contributed by atoms with Crippen molar-refractivity contribution >= 4 is 17.9 Å². The number of hydrogen-bond donors (Lipinski definition) is 1. The van der Waals surface area contributed by atoms with Crippen molar-refractivity contribution in [3.8, 4) is 0 Å². The summed E-state index contributed by atoms with van der Waals surface area (Å²) in [5.74, 6) is 1.18. The van der Waals surface area contributed by atoms with Crippen LogP contribution in [0.4, 0.5) is 4.79 Å². The number of likely N-dealkylation sites (N-methyl/N-ethyl adjacent to an activating group) is 1. The Morgan fingerprint density at radius 2 is 2.16 bits per heavy atom. The number of carbonyl (C=O) groups is 1. The van der Waals surface area contributed by atoms with Gasteiger partial charge in [-0.2, -0.15) is 11.8 Å². The van der Waals surface area contributed by atoms with Gasteiger partial charge in [0.2, 0.25) is 0 Å². The van der Waals surface area contributed by atoms with Gasteiger partial charge in [-0.25, -0.2) is 4.79 Å². The molecule has 5 heteroatoms. The van der Waals surface area contributed by atoms with Gasteiger partial charge in [-0.15, -0.1) is 0 Å². The zero-order valence-corrected chi connectivity index (χ0v) is 13.7. The van der Waals surface area contributed by atoms with Gasteiger partial charge in [0.1, 0.15) is 5.60 Å². The maximum absolute atomic E-state index is 11.9. The highest BCUT2D eigenvalue weighted by molar-refractivity contribution is 8.00. The molecule has 19 heavy (non-hydrogen) atoms. The Morgan fingerprint density at radius 3 is 2.63 bits per heavy atom. The van der Waals surface area contributed by atoms with Crippen molar-refractivity contribution in [1.29, 1.82) is 0 Å². The Bertz CT molecular complexity index is 292. The predicted octanol–water partition coefficient (Wildman–Crippen LogP) is 2.73. The number of nitrogens with zero attached hydrogens (tertiary/aromatic N) is 1. The summed E-state index contributed by atoms with van der Waals surface area (Å²) >= 11 is 2.02. The predicted molar refractivity (Wildman–Crippen MR) is 81.8 cm³/mol. The maximum atomic E-state index is 11.9. The molecule has 0 saturated carbocycles. The topological polar surface area (TPSA) is 41.6 Å². The largest absolute Gasteiger partial charge is 0.444 e. The molecule has 1 fully saturated rings. The fourth-order valence-electron chi connectivity index (χ4n) is 2.07. The van der Waals surface area contributed by atoms with Crippen LogP contribution in [0, 0.1) is 0 Å². The molecule has 4 nitrogen and oxygen atoms in total. The van der Waals surface area contributed by atoms with Crippen LogP contribution >= 0.6 is 11.8 Å². The van der Waals surface area contributed by atoms with Crippen LogP contribution in [-0.2, 0) is 4.74 Å². The van der Waals surface area contributed by atoms with Gasteiger partial charge in [-0.05, 0) is 34.1 Å². The third-order valence-electron chi connectivity index (χ3n) is 3.05. The molecule has 0 aromatic heterocycles. The van der Waals surface area contributed by atoms with E-state index in [9.17, 15) is 4.79 Å². The van der Waals surface area contributed by atoms with Crippen LogP contribution in [0.2, 0.25) is 0 Å². The minimum Gasteiger partial charge on any atom is -0.444 e. The fraction of sp³-hybridized carbons (Fsp3) is 0.929. The smallest absolute Gasteiger partial charge is 0.410 e. The Balaban J connectivity index is 2.26. The number of ether oxygens (including phenoxy) is 1. The van der Waals surface area contributed by atoms with E-state index >= 15 is 0 Å². The van der Waals surface area contributed by atoms with Crippen LogP contribution < -0.4 is 5.32 Å². The van der Waals surface area contributed by atoms with E-state index in [1.165, 1.54) is 12.2 Å². The molecule has 0 aromatic carbocycles. The van der Waals surface area contributed by atoms with Gasteiger partial charge in [0.15, 0.2) is 0 Å².